The van der Waals surface area contributed by atoms with Crippen molar-refractivity contribution in [1.82, 2.24) is 25.9 Å². The first kappa shape index (κ1) is 29.6. The summed E-state index contributed by atoms with van der Waals surface area (Å²) in [5.41, 5.74) is 7.20. The van der Waals surface area contributed by atoms with Crippen LogP contribution in [-0.2, 0) is 32.0 Å². The Morgan fingerprint density at radius 1 is 1.03 bits per heavy atom. The van der Waals surface area contributed by atoms with E-state index in [2.05, 4.69) is 38.5 Å². The van der Waals surface area contributed by atoms with Gasteiger partial charge in [-0.1, -0.05) is 32.4 Å². The van der Waals surface area contributed by atoms with E-state index in [4.69, 9.17) is 5.73 Å². The molecule has 13 heteroatoms. The van der Waals surface area contributed by atoms with E-state index in [0.717, 1.165) is 0 Å². The minimum atomic E-state index is -1.19. The fourth-order valence-corrected chi connectivity index (χ4v) is 3.74. The lowest BCUT2D eigenvalue weighted by molar-refractivity contribution is -0.143. The number of nitrogens with two attached hydrogens (primary N) is 1. The summed E-state index contributed by atoms with van der Waals surface area (Å²) >= 11 is 4.16. The normalized spacial score (nSPS) is 15.0. The number of carboxylic acid groups (broad SMARTS) is 1. The maximum Gasteiger partial charge on any atom is 0.326 e. The van der Waals surface area contributed by atoms with Gasteiger partial charge in [0.1, 0.15) is 23.9 Å². The molecule has 37 heavy (non-hydrogen) atoms. The minimum Gasteiger partial charge on any atom is -0.508 e. The predicted molar refractivity (Wildman–Crippen MR) is 139 cm³/mol. The van der Waals surface area contributed by atoms with Crippen LogP contribution in [0.5, 0.6) is 5.75 Å². The number of aliphatic carboxylic acids is 1. The molecule has 5 atom stereocenters. The lowest BCUT2D eigenvalue weighted by Gasteiger charge is -2.26. The second-order valence-electron chi connectivity index (χ2n) is 8.77. The van der Waals surface area contributed by atoms with Gasteiger partial charge >= 0.3 is 5.97 Å². The third-order valence-corrected chi connectivity index (χ3v) is 6.30. The molecule has 0 radical (unpaired) electrons. The zero-order chi connectivity index (χ0) is 27.5. The van der Waals surface area contributed by atoms with Crippen LogP contribution in [0.4, 0.5) is 0 Å². The molecule has 1 heterocycles. The molecule has 1 aromatic carbocycles. The van der Waals surface area contributed by atoms with E-state index in [-0.39, 0.29) is 30.3 Å². The number of imidazole rings is 1. The Hall–Kier alpha value is -3.58. The molecule has 2 aromatic rings. The van der Waals surface area contributed by atoms with Crippen LogP contribution in [0.3, 0.4) is 0 Å². The molecule has 0 aliphatic heterocycles. The van der Waals surface area contributed by atoms with Crippen LogP contribution in [-0.4, -0.2) is 73.8 Å². The molecule has 0 saturated heterocycles. The fourth-order valence-electron chi connectivity index (χ4n) is 3.49. The number of hydrogen-bond donors (Lipinski definition) is 8. The Morgan fingerprint density at radius 2 is 1.65 bits per heavy atom. The van der Waals surface area contributed by atoms with E-state index >= 15 is 0 Å². The van der Waals surface area contributed by atoms with Crippen LogP contribution in [0.1, 0.15) is 31.5 Å². The van der Waals surface area contributed by atoms with Gasteiger partial charge in [0.15, 0.2) is 0 Å². The Balaban J connectivity index is 2.15. The second-order valence-corrected chi connectivity index (χ2v) is 9.14. The quantitative estimate of drug-likeness (QED) is 0.152. The van der Waals surface area contributed by atoms with Crippen molar-refractivity contribution in [2.45, 2.75) is 57.3 Å². The summed E-state index contributed by atoms with van der Waals surface area (Å²) in [4.78, 5) is 57.2. The summed E-state index contributed by atoms with van der Waals surface area (Å²) < 4.78 is 0. The first-order valence-corrected chi connectivity index (χ1v) is 12.4. The van der Waals surface area contributed by atoms with Gasteiger partial charge in [-0.25, -0.2) is 9.78 Å². The van der Waals surface area contributed by atoms with Gasteiger partial charge in [-0.05, 0) is 23.6 Å². The summed E-state index contributed by atoms with van der Waals surface area (Å²) in [6, 6.07) is 1.64. The van der Waals surface area contributed by atoms with E-state index in [1.807, 2.05) is 0 Å². The van der Waals surface area contributed by atoms with E-state index in [0.29, 0.717) is 17.7 Å². The zero-order valence-corrected chi connectivity index (χ0v) is 21.6. The lowest BCUT2D eigenvalue weighted by atomic mass is 9.98. The highest BCUT2D eigenvalue weighted by Gasteiger charge is 2.31. The van der Waals surface area contributed by atoms with Crippen molar-refractivity contribution < 1.29 is 29.4 Å². The third kappa shape index (κ3) is 9.10. The summed E-state index contributed by atoms with van der Waals surface area (Å²) in [6.07, 6.45) is 3.69. The highest BCUT2D eigenvalue weighted by atomic mass is 32.1. The molecule has 202 valence electrons. The molecule has 0 aliphatic carbocycles. The van der Waals surface area contributed by atoms with Gasteiger partial charge in [-0.3, -0.25) is 14.4 Å². The predicted octanol–water partition coefficient (Wildman–Crippen LogP) is -0.257. The molecular weight excluding hydrogens is 500 g/mol. The molecule has 0 fully saturated rings. The number of nitrogens with zero attached hydrogens (tertiary/aromatic N) is 1. The first-order chi connectivity index (χ1) is 17.5. The van der Waals surface area contributed by atoms with Crippen LogP contribution in [0, 0.1) is 5.92 Å². The molecule has 0 saturated carbocycles. The number of rotatable bonds is 14. The highest BCUT2D eigenvalue weighted by molar-refractivity contribution is 7.80. The topological polar surface area (TPSA) is 200 Å². The average molecular weight is 535 g/mol. The van der Waals surface area contributed by atoms with E-state index in [1.165, 1.54) is 24.7 Å². The number of amides is 3. The number of H-pyrrole nitrogens is 1. The SMILES string of the molecule is CCC(C)C(NC(=O)C(Cc1ccc(O)cc1)NC(=O)C(CS)NC(=O)C(N)Cc1cnc[nH]1)C(=O)O. The first-order valence-electron chi connectivity index (χ1n) is 11.8. The van der Waals surface area contributed by atoms with Crippen molar-refractivity contribution in [1.29, 1.82) is 0 Å². The second kappa shape index (κ2) is 14.2. The van der Waals surface area contributed by atoms with Gasteiger partial charge in [0, 0.05) is 30.5 Å². The highest BCUT2D eigenvalue weighted by Crippen LogP contribution is 2.13. The number of benzene rings is 1. The number of carboxylic acids is 1. The number of carbonyl (C=O) groups is 4. The largest absolute Gasteiger partial charge is 0.508 e. The van der Waals surface area contributed by atoms with Gasteiger partial charge in [-0.2, -0.15) is 12.6 Å². The standard InChI is InChI=1S/C24H34N6O6S/c1-3-13(2)20(24(35)36)30-22(33)18(8-14-4-6-16(31)7-5-14)28-23(34)19(11-37)29-21(32)17(25)9-15-10-26-12-27-15/h4-7,10,12-13,17-20,31,37H,3,8-9,11,25H2,1-2H3,(H,26,27)(H,28,34)(H,29,32)(H,30,33)(H,35,36). The van der Waals surface area contributed by atoms with Crippen LogP contribution in [0.25, 0.3) is 0 Å². The van der Waals surface area contributed by atoms with E-state index in [9.17, 15) is 29.4 Å². The number of aromatic amines is 1. The van der Waals surface area contributed by atoms with Gasteiger partial charge in [0.2, 0.25) is 17.7 Å². The number of aromatic hydroxyl groups is 1. The summed E-state index contributed by atoms with van der Waals surface area (Å²) in [5, 5.41) is 26.8. The lowest BCUT2D eigenvalue weighted by Crippen LogP contribution is -2.58. The van der Waals surface area contributed by atoms with Crippen molar-refractivity contribution in [3.8, 4) is 5.75 Å². The average Bonchev–Trinajstić information content (AvgIpc) is 3.38. The number of carbonyl (C=O) groups excluding carboxylic acids is 3. The van der Waals surface area contributed by atoms with Gasteiger partial charge in [0.05, 0.1) is 12.4 Å². The fraction of sp³-hybridized carbons (Fsp3) is 0.458. The van der Waals surface area contributed by atoms with Crippen LogP contribution in [0.2, 0.25) is 0 Å². The van der Waals surface area contributed by atoms with Crippen molar-refractivity contribution >= 4 is 36.3 Å². The molecule has 0 spiro atoms. The molecule has 5 unspecified atom stereocenters. The Morgan fingerprint density at radius 3 is 2.19 bits per heavy atom. The van der Waals surface area contributed by atoms with Gasteiger partial charge in [-0.15, -0.1) is 0 Å². The Labute approximate surface area is 220 Å². The monoisotopic (exact) mass is 534 g/mol. The summed E-state index contributed by atoms with van der Waals surface area (Å²) in [7, 11) is 0. The molecule has 3 amide bonds. The van der Waals surface area contributed by atoms with Crippen LogP contribution in [0.15, 0.2) is 36.8 Å². The molecule has 8 N–H and O–H groups in total. The summed E-state index contributed by atoms with van der Waals surface area (Å²) in [6.45, 7) is 3.51. The van der Waals surface area contributed by atoms with Crippen molar-refractivity contribution in [2.24, 2.45) is 11.7 Å². The van der Waals surface area contributed by atoms with Crippen molar-refractivity contribution in [2.75, 3.05) is 5.75 Å². The molecule has 12 nitrogen and oxygen atoms in total. The van der Waals surface area contributed by atoms with E-state index in [1.54, 1.807) is 26.0 Å². The smallest absolute Gasteiger partial charge is 0.326 e. The molecule has 2 rings (SSSR count). The third-order valence-electron chi connectivity index (χ3n) is 5.93. The molecule has 1 aromatic heterocycles. The van der Waals surface area contributed by atoms with Crippen molar-refractivity contribution in [3.05, 3.63) is 48.0 Å². The number of phenolic OH excluding ortho intramolecular Hbond substituents is 1. The Kier molecular flexibility index (Phi) is 11.4. The van der Waals surface area contributed by atoms with Gasteiger partial charge < -0.3 is 36.9 Å². The van der Waals surface area contributed by atoms with Crippen molar-refractivity contribution in [3.63, 3.8) is 0 Å². The molecule has 0 aliphatic rings. The maximum absolute atomic E-state index is 13.1. The number of thiol groups is 1. The molecular formula is C24H34N6O6S. The minimum absolute atomic E-state index is 0.0112. The Bertz CT molecular complexity index is 1050. The number of nitrogens with one attached hydrogen (secondary N) is 4. The van der Waals surface area contributed by atoms with Crippen LogP contribution >= 0.6 is 12.6 Å². The summed E-state index contributed by atoms with van der Waals surface area (Å²) in [5.74, 6) is -3.57. The van der Waals surface area contributed by atoms with E-state index < -0.39 is 47.9 Å². The maximum atomic E-state index is 13.1. The molecule has 0 bridgehead atoms. The number of aromatic nitrogens is 2. The van der Waals surface area contributed by atoms with Crippen LogP contribution < -0.4 is 21.7 Å². The van der Waals surface area contributed by atoms with Gasteiger partial charge in [0.25, 0.3) is 0 Å². The number of phenols is 1. The zero-order valence-electron chi connectivity index (χ0n) is 20.7. The number of hydrogen-bond acceptors (Lipinski definition) is 8.